The molecular formula is C22H24ClNO5S. The van der Waals surface area contributed by atoms with Gasteiger partial charge in [-0.2, -0.15) is 0 Å². The summed E-state index contributed by atoms with van der Waals surface area (Å²) in [6.45, 7) is 4.39. The zero-order valence-electron chi connectivity index (χ0n) is 17.1. The number of esters is 1. The molecule has 0 saturated heterocycles. The number of methoxy groups -OCH3 is 1. The van der Waals surface area contributed by atoms with Crippen molar-refractivity contribution in [3.63, 3.8) is 0 Å². The van der Waals surface area contributed by atoms with Crippen LogP contribution in [0.15, 0.2) is 36.4 Å². The number of para-hydroxylation sites is 1. The number of rotatable bonds is 7. The van der Waals surface area contributed by atoms with E-state index in [-0.39, 0.29) is 19.0 Å². The summed E-state index contributed by atoms with van der Waals surface area (Å²) in [5.74, 6) is 0.773. The van der Waals surface area contributed by atoms with Crippen molar-refractivity contribution >= 4 is 40.5 Å². The molecule has 6 nitrogen and oxygen atoms in total. The summed E-state index contributed by atoms with van der Waals surface area (Å²) in [6, 6.07) is 11.0. The first-order valence-corrected chi connectivity index (χ1v) is 10.5. The number of hydrogen-bond acceptors (Lipinski definition) is 6. The maximum absolute atomic E-state index is 12.2. The Morgan fingerprint density at radius 3 is 2.70 bits per heavy atom. The molecule has 1 N–H and O–H groups in total. The monoisotopic (exact) mass is 449 g/mol. The third-order valence-corrected chi connectivity index (χ3v) is 5.20. The quantitative estimate of drug-likeness (QED) is 0.475. The molecule has 1 aliphatic heterocycles. The summed E-state index contributed by atoms with van der Waals surface area (Å²) >= 11 is 11.8. The van der Waals surface area contributed by atoms with Crippen molar-refractivity contribution in [2.75, 3.05) is 25.6 Å². The maximum atomic E-state index is 12.2. The van der Waals surface area contributed by atoms with Gasteiger partial charge in [0.15, 0.2) is 11.5 Å². The number of thiocarbonyl (C=S) groups is 1. The van der Waals surface area contributed by atoms with Gasteiger partial charge in [-0.05, 0) is 38.1 Å². The predicted molar refractivity (Wildman–Crippen MR) is 120 cm³/mol. The molecular weight excluding hydrogens is 426 g/mol. The van der Waals surface area contributed by atoms with Gasteiger partial charge in [0.05, 0.1) is 26.7 Å². The van der Waals surface area contributed by atoms with Gasteiger partial charge >= 0.3 is 5.97 Å². The predicted octanol–water partition coefficient (Wildman–Crippen LogP) is 4.93. The van der Waals surface area contributed by atoms with Crippen molar-refractivity contribution in [1.82, 2.24) is 0 Å². The highest BCUT2D eigenvalue weighted by Crippen LogP contribution is 2.44. The normalized spacial score (nSPS) is 18.1. The smallest absolute Gasteiger partial charge is 0.308 e. The van der Waals surface area contributed by atoms with Crippen molar-refractivity contribution in [3.8, 4) is 11.5 Å². The Morgan fingerprint density at radius 2 is 2.00 bits per heavy atom. The Bertz CT molecular complexity index is 936. The summed E-state index contributed by atoms with van der Waals surface area (Å²) in [5, 5.41) is 3.75. The van der Waals surface area contributed by atoms with E-state index in [0.717, 1.165) is 16.8 Å². The van der Waals surface area contributed by atoms with Crippen molar-refractivity contribution in [2.45, 2.75) is 32.5 Å². The average molecular weight is 450 g/mol. The summed E-state index contributed by atoms with van der Waals surface area (Å²) in [6.07, 6.45) is -1.29. The average Bonchev–Trinajstić information content (AvgIpc) is 2.85. The Kier molecular flexibility index (Phi) is 7.53. The van der Waals surface area contributed by atoms with E-state index in [9.17, 15) is 4.79 Å². The SMILES string of the molecule is CCOC(=O)C[C@H]1O[C@H](c2cccc(OC)c2OCC)c2cc(Cl)ccc2NC1=S. The zero-order chi connectivity index (χ0) is 21.7. The van der Waals surface area contributed by atoms with Gasteiger partial charge < -0.3 is 24.3 Å². The van der Waals surface area contributed by atoms with Crippen LogP contribution in [0.4, 0.5) is 5.69 Å². The van der Waals surface area contributed by atoms with Gasteiger partial charge in [0, 0.05) is 21.8 Å². The Morgan fingerprint density at radius 1 is 1.20 bits per heavy atom. The lowest BCUT2D eigenvalue weighted by molar-refractivity contribution is -0.145. The molecule has 30 heavy (non-hydrogen) atoms. The fourth-order valence-electron chi connectivity index (χ4n) is 3.33. The Hall–Kier alpha value is -2.35. The molecule has 0 radical (unpaired) electrons. The Balaban J connectivity index is 2.11. The molecule has 2 atom stereocenters. The van der Waals surface area contributed by atoms with E-state index < -0.39 is 12.2 Å². The third kappa shape index (κ3) is 4.86. The van der Waals surface area contributed by atoms with Gasteiger partial charge in [-0.15, -0.1) is 0 Å². The lowest BCUT2D eigenvalue weighted by Gasteiger charge is -2.25. The second-order valence-corrected chi connectivity index (χ2v) is 7.42. The fraction of sp³-hybridized carbons (Fsp3) is 0.364. The van der Waals surface area contributed by atoms with Gasteiger partial charge in [-0.1, -0.05) is 36.0 Å². The first-order chi connectivity index (χ1) is 14.5. The van der Waals surface area contributed by atoms with E-state index in [1.165, 1.54) is 0 Å². The molecule has 0 fully saturated rings. The fourth-order valence-corrected chi connectivity index (χ4v) is 3.76. The van der Waals surface area contributed by atoms with Crippen LogP contribution in [0.2, 0.25) is 5.02 Å². The van der Waals surface area contributed by atoms with Crippen LogP contribution in [-0.2, 0) is 14.3 Å². The van der Waals surface area contributed by atoms with Crippen LogP contribution >= 0.6 is 23.8 Å². The second kappa shape index (κ2) is 10.1. The zero-order valence-corrected chi connectivity index (χ0v) is 18.6. The molecule has 0 aromatic heterocycles. The van der Waals surface area contributed by atoms with Crippen LogP contribution in [-0.4, -0.2) is 37.4 Å². The van der Waals surface area contributed by atoms with Crippen LogP contribution in [0, 0.1) is 0 Å². The molecule has 2 aromatic carbocycles. The van der Waals surface area contributed by atoms with Crippen LogP contribution in [0.3, 0.4) is 0 Å². The maximum Gasteiger partial charge on any atom is 0.308 e. The minimum Gasteiger partial charge on any atom is -0.493 e. The highest BCUT2D eigenvalue weighted by molar-refractivity contribution is 7.80. The molecule has 0 amide bonds. The first-order valence-electron chi connectivity index (χ1n) is 9.69. The number of nitrogens with one attached hydrogen (secondary N) is 1. The van der Waals surface area contributed by atoms with Crippen LogP contribution in [0.5, 0.6) is 11.5 Å². The van der Waals surface area contributed by atoms with E-state index >= 15 is 0 Å². The van der Waals surface area contributed by atoms with E-state index in [1.807, 2.05) is 37.3 Å². The van der Waals surface area contributed by atoms with Crippen LogP contribution in [0.25, 0.3) is 0 Å². The van der Waals surface area contributed by atoms with E-state index in [0.29, 0.717) is 28.1 Å². The molecule has 0 aliphatic carbocycles. The minimum absolute atomic E-state index is 0.00810. The lowest BCUT2D eigenvalue weighted by atomic mass is 9.98. The molecule has 0 unspecified atom stereocenters. The molecule has 1 heterocycles. The number of hydrogen-bond donors (Lipinski definition) is 1. The van der Waals surface area contributed by atoms with Crippen molar-refractivity contribution < 1.29 is 23.7 Å². The first kappa shape index (κ1) is 22.3. The highest BCUT2D eigenvalue weighted by Gasteiger charge is 2.33. The summed E-state index contributed by atoms with van der Waals surface area (Å²) in [7, 11) is 1.58. The number of ether oxygens (including phenoxy) is 4. The summed E-state index contributed by atoms with van der Waals surface area (Å²) in [4.78, 5) is 12.6. The molecule has 1 aliphatic rings. The largest absolute Gasteiger partial charge is 0.493 e. The number of carbonyl (C=O) groups is 1. The summed E-state index contributed by atoms with van der Waals surface area (Å²) < 4.78 is 22.9. The minimum atomic E-state index is -0.684. The van der Waals surface area contributed by atoms with Crippen molar-refractivity contribution in [3.05, 3.63) is 52.5 Å². The van der Waals surface area contributed by atoms with Gasteiger partial charge in [-0.25, -0.2) is 0 Å². The number of benzene rings is 2. The van der Waals surface area contributed by atoms with Gasteiger partial charge in [0.2, 0.25) is 0 Å². The number of anilines is 1. The molecule has 0 spiro atoms. The third-order valence-electron chi connectivity index (χ3n) is 4.60. The molecule has 0 saturated carbocycles. The molecule has 160 valence electrons. The number of fused-ring (bicyclic) bond motifs is 1. The van der Waals surface area contributed by atoms with Crippen molar-refractivity contribution in [1.29, 1.82) is 0 Å². The summed E-state index contributed by atoms with van der Waals surface area (Å²) in [5.41, 5.74) is 2.29. The van der Waals surface area contributed by atoms with E-state index in [2.05, 4.69) is 5.32 Å². The van der Waals surface area contributed by atoms with Crippen molar-refractivity contribution in [2.24, 2.45) is 0 Å². The van der Waals surface area contributed by atoms with Crippen LogP contribution < -0.4 is 14.8 Å². The van der Waals surface area contributed by atoms with Gasteiger partial charge in [0.1, 0.15) is 17.2 Å². The molecule has 8 heteroatoms. The lowest BCUT2D eigenvalue weighted by Crippen LogP contribution is -2.31. The standard InChI is InChI=1S/C22H24ClNO5S/c1-4-27-19(25)12-18-22(30)24-16-10-9-13(23)11-15(16)20(29-18)14-7-6-8-17(26-3)21(14)28-5-2/h6-11,18,20H,4-5,12H2,1-3H3,(H,24,30)/t18-,20-/m1/s1. The Labute approximate surface area is 186 Å². The topological polar surface area (TPSA) is 66.0 Å². The molecule has 2 aromatic rings. The molecule has 0 bridgehead atoms. The number of halogens is 1. The van der Waals surface area contributed by atoms with E-state index in [4.69, 9.17) is 42.8 Å². The van der Waals surface area contributed by atoms with Crippen LogP contribution in [0.1, 0.15) is 37.5 Å². The van der Waals surface area contributed by atoms with Gasteiger partial charge in [0.25, 0.3) is 0 Å². The van der Waals surface area contributed by atoms with E-state index in [1.54, 1.807) is 20.1 Å². The highest BCUT2D eigenvalue weighted by atomic mass is 35.5. The second-order valence-electron chi connectivity index (χ2n) is 6.55. The van der Waals surface area contributed by atoms with Gasteiger partial charge in [-0.3, -0.25) is 4.79 Å². The molecule has 3 rings (SSSR count). The number of carbonyl (C=O) groups excluding carboxylic acids is 1.